The van der Waals surface area contributed by atoms with E-state index in [-0.39, 0.29) is 30.7 Å². The van der Waals surface area contributed by atoms with Gasteiger partial charge in [0.2, 0.25) is 5.91 Å². The van der Waals surface area contributed by atoms with Gasteiger partial charge >= 0.3 is 0 Å². The van der Waals surface area contributed by atoms with Gasteiger partial charge in [0.15, 0.2) is 0 Å². The number of pyridine rings is 2. The van der Waals surface area contributed by atoms with Gasteiger partial charge in [-0.25, -0.2) is 4.98 Å². The predicted molar refractivity (Wildman–Crippen MR) is 152 cm³/mol. The first-order chi connectivity index (χ1) is 19.3. The Morgan fingerprint density at radius 2 is 1.93 bits per heavy atom. The zero-order valence-electron chi connectivity index (χ0n) is 21.8. The summed E-state index contributed by atoms with van der Waals surface area (Å²) in [6, 6.07) is 18.1. The number of aromatic nitrogens is 2. The molecule has 0 fully saturated rings. The molecule has 0 saturated carbocycles. The first kappa shape index (κ1) is 26.8. The summed E-state index contributed by atoms with van der Waals surface area (Å²) in [5.41, 5.74) is 3.34. The summed E-state index contributed by atoms with van der Waals surface area (Å²) in [7, 11) is 1.54. The number of hydrogen-bond acceptors (Lipinski definition) is 6. The van der Waals surface area contributed by atoms with Crippen molar-refractivity contribution < 1.29 is 19.1 Å². The third kappa shape index (κ3) is 5.79. The fourth-order valence-corrected chi connectivity index (χ4v) is 4.77. The molecule has 1 aliphatic rings. The number of benzene rings is 2. The number of halogens is 1. The van der Waals surface area contributed by atoms with Crippen molar-refractivity contribution in [2.24, 2.45) is 0 Å². The van der Waals surface area contributed by atoms with Crippen LogP contribution in [0.3, 0.4) is 0 Å². The van der Waals surface area contributed by atoms with Gasteiger partial charge in [0, 0.05) is 35.4 Å². The van der Waals surface area contributed by atoms with Crippen LogP contribution in [0.2, 0.25) is 5.02 Å². The monoisotopic (exact) mass is 555 g/mol. The number of aryl methyl sites for hydroxylation is 1. The van der Waals surface area contributed by atoms with Crippen molar-refractivity contribution in [1.82, 2.24) is 14.9 Å². The summed E-state index contributed by atoms with van der Waals surface area (Å²) in [4.78, 5) is 50.2. The summed E-state index contributed by atoms with van der Waals surface area (Å²) < 4.78 is 5.10. The highest BCUT2D eigenvalue weighted by Crippen LogP contribution is 2.29. The molecule has 5 rings (SSSR count). The van der Waals surface area contributed by atoms with Crippen LogP contribution in [0.5, 0.6) is 5.75 Å². The molecule has 202 valence electrons. The molecule has 3 heterocycles. The summed E-state index contributed by atoms with van der Waals surface area (Å²) in [5.74, 6) is 0.0236. The number of anilines is 2. The van der Waals surface area contributed by atoms with Gasteiger partial charge in [-0.15, -0.1) is 0 Å². The molecule has 0 unspecified atom stereocenters. The lowest BCUT2D eigenvalue weighted by Crippen LogP contribution is -2.46. The molecule has 0 spiro atoms. The smallest absolute Gasteiger partial charge is 0.257 e. The van der Waals surface area contributed by atoms with Crippen LogP contribution < -0.4 is 15.4 Å². The van der Waals surface area contributed by atoms with Crippen molar-refractivity contribution in [2.45, 2.75) is 25.9 Å². The highest BCUT2D eigenvalue weighted by atomic mass is 35.5. The van der Waals surface area contributed by atoms with Crippen molar-refractivity contribution in [2.75, 3.05) is 17.7 Å². The highest BCUT2D eigenvalue weighted by Gasteiger charge is 2.36. The molecule has 1 atom stereocenters. The van der Waals surface area contributed by atoms with Gasteiger partial charge in [0.1, 0.15) is 17.6 Å². The number of rotatable bonds is 7. The lowest BCUT2D eigenvalue weighted by molar-refractivity contribution is -0.120. The Hall–Kier alpha value is -4.76. The maximum Gasteiger partial charge on any atom is 0.257 e. The molecule has 9 nitrogen and oxygen atoms in total. The number of fused-ring (bicyclic) bond motifs is 1. The molecule has 40 heavy (non-hydrogen) atoms. The second kappa shape index (κ2) is 11.5. The van der Waals surface area contributed by atoms with Gasteiger partial charge in [-0.1, -0.05) is 29.8 Å². The first-order valence-corrected chi connectivity index (χ1v) is 12.9. The molecule has 1 aliphatic heterocycles. The molecule has 2 aromatic carbocycles. The number of amides is 3. The van der Waals surface area contributed by atoms with Crippen molar-refractivity contribution in [1.29, 1.82) is 0 Å². The third-order valence-electron chi connectivity index (χ3n) is 6.64. The minimum atomic E-state index is -0.821. The van der Waals surface area contributed by atoms with Crippen LogP contribution in [-0.4, -0.2) is 45.7 Å². The van der Waals surface area contributed by atoms with E-state index < -0.39 is 6.04 Å². The number of carbonyl (C=O) groups excluding carboxylic acids is 3. The van der Waals surface area contributed by atoms with Gasteiger partial charge in [0.05, 0.1) is 24.6 Å². The molecule has 2 N–H and O–H groups in total. The molecule has 4 aromatic rings. The van der Waals surface area contributed by atoms with Gasteiger partial charge in [-0.3, -0.25) is 19.4 Å². The Morgan fingerprint density at radius 3 is 2.62 bits per heavy atom. The van der Waals surface area contributed by atoms with Crippen molar-refractivity contribution in [3.8, 4) is 5.75 Å². The van der Waals surface area contributed by atoms with E-state index >= 15 is 0 Å². The lowest BCUT2D eigenvalue weighted by Gasteiger charge is -2.29. The normalized spacial score (nSPS) is 14.7. The lowest BCUT2D eigenvalue weighted by atomic mass is 10.0. The Morgan fingerprint density at radius 1 is 1.07 bits per heavy atom. The zero-order chi connectivity index (χ0) is 28.2. The first-order valence-electron chi connectivity index (χ1n) is 12.5. The SMILES string of the molecule is COc1ccc(NC(=O)c2ccc(CN3C(=O)c4ccc(Cl)cc4NC(=O)[C@H]3Cc3ccccn3)cc2C)nc1. The van der Waals surface area contributed by atoms with E-state index in [0.717, 1.165) is 5.56 Å². The summed E-state index contributed by atoms with van der Waals surface area (Å²) in [6.45, 7) is 1.97. The summed E-state index contributed by atoms with van der Waals surface area (Å²) in [6.07, 6.45) is 3.40. The topological polar surface area (TPSA) is 114 Å². The van der Waals surface area contributed by atoms with Crippen molar-refractivity contribution in [3.05, 3.63) is 112 Å². The van der Waals surface area contributed by atoms with E-state index in [1.165, 1.54) is 6.20 Å². The van der Waals surface area contributed by atoms with Crippen molar-refractivity contribution in [3.63, 3.8) is 0 Å². The quantitative estimate of drug-likeness (QED) is 0.335. The van der Waals surface area contributed by atoms with E-state index in [2.05, 4.69) is 20.6 Å². The molecule has 3 amide bonds. The van der Waals surface area contributed by atoms with E-state index in [1.807, 2.05) is 25.1 Å². The van der Waals surface area contributed by atoms with E-state index in [0.29, 0.717) is 44.7 Å². The third-order valence-corrected chi connectivity index (χ3v) is 6.88. The zero-order valence-corrected chi connectivity index (χ0v) is 22.6. The average molecular weight is 556 g/mol. The van der Waals surface area contributed by atoms with Crippen LogP contribution in [0.25, 0.3) is 0 Å². The van der Waals surface area contributed by atoms with Gasteiger partial charge in [-0.05, 0) is 66.6 Å². The van der Waals surface area contributed by atoms with Gasteiger partial charge in [0.25, 0.3) is 11.8 Å². The van der Waals surface area contributed by atoms with Crippen LogP contribution in [0, 0.1) is 6.92 Å². The molecular weight excluding hydrogens is 530 g/mol. The van der Waals surface area contributed by atoms with Crippen molar-refractivity contribution >= 4 is 40.8 Å². The minimum absolute atomic E-state index is 0.147. The van der Waals surface area contributed by atoms with Gasteiger partial charge < -0.3 is 20.3 Å². The Kier molecular flexibility index (Phi) is 7.75. The van der Waals surface area contributed by atoms with E-state index in [4.69, 9.17) is 16.3 Å². The van der Waals surface area contributed by atoms with E-state index in [1.54, 1.807) is 66.7 Å². The maximum absolute atomic E-state index is 13.8. The Balaban J connectivity index is 1.42. The Labute approximate surface area is 236 Å². The van der Waals surface area contributed by atoms with Gasteiger partial charge in [-0.2, -0.15) is 0 Å². The second-order valence-electron chi connectivity index (χ2n) is 9.34. The number of nitrogens with zero attached hydrogens (tertiary/aromatic N) is 3. The Bertz CT molecular complexity index is 1580. The molecular formula is C30H26ClN5O4. The van der Waals surface area contributed by atoms with Crippen LogP contribution in [0.1, 0.15) is 37.5 Å². The second-order valence-corrected chi connectivity index (χ2v) is 9.78. The standard InChI is InChI=1S/C30H26ClN5O4/c1-18-13-19(6-9-23(18)28(37)35-27-11-8-22(40-2)16-33-27)17-36-26(15-21-5-3-4-12-32-21)29(38)34-25-14-20(31)7-10-24(25)30(36)39/h3-14,16,26H,15,17H2,1-2H3,(H,34,38)(H,33,35,37)/t26-/m1/s1. The predicted octanol–water partition coefficient (Wildman–Crippen LogP) is 4.91. The molecule has 0 saturated heterocycles. The van der Waals surface area contributed by atoms with E-state index in [9.17, 15) is 14.4 Å². The average Bonchev–Trinajstić information content (AvgIpc) is 3.03. The van der Waals surface area contributed by atoms with Crippen LogP contribution >= 0.6 is 11.6 Å². The van der Waals surface area contributed by atoms with Crippen LogP contribution in [0.15, 0.2) is 79.1 Å². The molecule has 2 aromatic heterocycles. The van der Waals surface area contributed by atoms with Crippen LogP contribution in [-0.2, 0) is 17.8 Å². The minimum Gasteiger partial charge on any atom is -0.495 e. The largest absolute Gasteiger partial charge is 0.495 e. The number of methoxy groups -OCH3 is 1. The fourth-order valence-electron chi connectivity index (χ4n) is 4.60. The fraction of sp³-hybridized carbons (Fsp3) is 0.167. The molecule has 0 bridgehead atoms. The molecule has 0 aliphatic carbocycles. The summed E-state index contributed by atoms with van der Waals surface area (Å²) >= 11 is 6.15. The maximum atomic E-state index is 13.8. The van der Waals surface area contributed by atoms with Crippen LogP contribution in [0.4, 0.5) is 11.5 Å². The molecule has 0 radical (unpaired) electrons. The number of carbonyl (C=O) groups is 3. The molecule has 10 heteroatoms. The number of ether oxygens (including phenoxy) is 1. The summed E-state index contributed by atoms with van der Waals surface area (Å²) in [5, 5.41) is 6.06. The number of hydrogen-bond donors (Lipinski definition) is 2. The highest BCUT2D eigenvalue weighted by molar-refractivity contribution is 6.31. The number of nitrogens with one attached hydrogen (secondary N) is 2.